The number of esters is 2. The molecule has 0 aromatic heterocycles. The van der Waals surface area contributed by atoms with Gasteiger partial charge in [0.1, 0.15) is 6.61 Å². The first-order chi connectivity index (χ1) is 12.9. The number of halogens is 4. The lowest BCUT2D eigenvalue weighted by Gasteiger charge is -2.16. The minimum atomic E-state index is -0.623. The first-order valence-electron chi connectivity index (χ1n) is 8.12. The molecule has 27 heavy (non-hydrogen) atoms. The molecule has 0 aliphatic rings. The highest BCUT2D eigenvalue weighted by molar-refractivity contribution is 9.15. The Morgan fingerprint density at radius 3 is 1.85 bits per heavy atom. The van der Waals surface area contributed by atoms with Crippen molar-refractivity contribution in [3.63, 3.8) is 0 Å². The minimum absolute atomic E-state index is 0.0989. The van der Waals surface area contributed by atoms with Gasteiger partial charge in [0.2, 0.25) is 0 Å². The lowest BCUT2D eigenvalue weighted by molar-refractivity contribution is 0.0435. The summed E-state index contributed by atoms with van der Waals surface area (Å²) < 4.78 is 12.8. The van der Waals surface area contributed by atoms with Crippen LogP contribution in [-0.2, 0) is 16.1 Å². The summed E-state index contributed by atoms with van der Waals surface area (Å²) in [6.45, 7) is 2.39. The van der Waals surface area contributed by atoms with Gasteiger partial charge in [-0.15, -0.1) is 0 Å². The second kappa shape index (κ2) is 10.7. The number of unbranched alkanes of at least 4 members (excludes halogenated alkanes) is 1. The molecular formula is C19H16Br4O4. The van der Waals surface area contributed by atoms with E-state index in [2.05, 4.69) is 63.7 Å². The number of hydrogen-bond donors (Lipinski definition) is 0. The van der Waals surface area contributed by atoms with Crippen LogP contribution in [0.3, 0.4) is 0 Å². The van der Waals surface area contributed by atoms with Crippen LogP contribution in [-0.4, -0.2) is 18.5 Å². The van der Waals surface area contributed by atoms with E-state index in [0.717, 1.165) is 18.4 Å². The van der Waals surface area contributed by atoms with Gasteiger partial charge in [-0.1, -0.05) is 43.7 Å². The molecule has 0 heterocycles. The normalized spacial score (nSPS) is 10.6. The van der Waals surface area contributed by atoms with Gasteiger partial charge in [-0.05, 0) is 75.7 Å². The highest BCUT2D eigenvalue weighted by atomic mass is 79.9. The van der Waals surface area contributed by atoms with Crippen molar-refractivity contribution in [2.24, 2.45) is 0 Å². The zero-order valence-corrected chi connectivity index (χ0v) is 20.7. The fourth-order valence-corrected chi connectivity index (χ4v) is 4.63. The molecule has 0 fully saturated rings. The Bertz CT molecular complexity index is 838. The summed E-state index contributed by atoms with van der Waals surface area (Å²) in [5.74, 6) is -1.21. The molecule has 0 saturated heterocycles. The molecular weight excluding hydrogens is 612 g/mol. The number of carbonyl (C=O) groups excluding carboxylic acids is 2. The summed E-state index contributed by atoms with van der Waals surface area (Å²) in [4.78, 5) is 25.4. The molecule has 2 aromatic carbocycles. The van der Waals surface area contributed by atoms with E-state index in [-0.39, 0.29) is 24.3 Å². The van der Waals surface area contributed by atoms with Gasteiger partial charge in [-0.2, -0.15) is 0 Å². The summed E-state index contributed by atoms with van der Waals surface area (Å²) in [6.07, 6.45) is 1.64. The summed E-state index contributed by atoms with van der Waals surface area (Å²) >= 11 is 13.6. The Hall–Kier alpha value is -0.700. The third-order valence-electron chi connectivity index (χ3n) is 3.62. The SMILES string of the molecule is CCCCOC(=O)c1c(Br)c(Br)c(Br)c(Br)c1C(=O)OCc1ccccc1. The molecule has 4 nitrogen and oxygen atoms in total. The number of ether oxygens (including phenoxy) is 2. The number of rotatable bonds is 7. The van der Waals surface area contributed by atoms with E-state index < -0.39 is 11.9 Å². The Labute approximate surface area is 191 Å². The van der Waals surface area contributed by atoms with Crippen molar-refractivity contribution >= 4 is 75.7 Å². The standard InChI is InChI=1S/C19H16Br4O4/c1-2-3-9-26-18(24)12-13(15(21)17(23)16(22)14(12)20)19(25)27-10-11-7-5-4-6-8-11/h4-8H,2-3,9-10H2,1H3. The lowest BCUT2D eigenvalue weighted by atomic mass is 10.1. The molecule has 0 bridgehead atoms. The molecule has 8 heteroatoms. The highest BCUT2D eigenvalue weighted by Crippen LogP contribution is 2.42. The van der Waals surface area contributed by atoms with Crippen LogP contribution >= 0.6 is 63.7 Å². The Morgan fingerprint density at radius 2 is 1.33 bits per heavy atom. The molecule has 0 radical (unpaired) electrons. The van der Waals surface area contributed by atoms with Crippen molar-refractivity contribution in [2.45, 2.75) is 26.4 Å². The molecule has 0 aliphatic carbocycles. The zero-order chi connectivity index (χ0) is 20.0. The second-order valence-corrected chi connectivity index (χ2v) is 8.73. The Morgan fingerprint density at radius 1 is 0.815 bits per heavy atom. The van der Waals surface area contributed by atoms with E-state index in [1.54, 1.807) is 0 Å². The van der Waals surface area contributed by atoms with E-state index in [9.17, 15) is 9.59 Å². The summed E-state index contributed by atoms with van der Waals surface area (Å²) in [7, 11) is 0. The van der Waals surface area contributed by atoms with Crippen molar-refractivity contribution in [3.05, 3.63) is 64.9 Å². The van der Waals surface area contributed by atoms with Crippen LogP contribution in [0.25, 0.3) is 0 Å². The minimum Gasteiger partial charge on any atom is -0.462 e. The van der Waals surface area contributed by atoms with Gasteiger partial charge < -0.3 is 9.47 Å². The molecule has 0 aliphatic heterocycles. The Kier molecular flexibility index (Phi) is 8.98. The van der Waals surface area contributed by atoms with E-state index in [1.807, 2.05) is 37.3 Å². The predicted molar refractivity (Wildman–Crippen MR) is 118 cm³/mol. The third-order valence-corrected chi connectivity index (χ3v) is 8.39. The van der Waals surface area contributed by atoms with Gasteiger partial charge >= 0.3 is 11.9 Å². The second-order valence-electron chi connectivity index (χ2n) is 5.56. The zero-order valence-electron chi connectivity index (χ0n) is 14.4. The number of carbonyl (C=O) groups is 2. The van der Waals surface area contributed by atoms with Gasteiger partial charge in [0.15, 0.2) is 0 Å². The first kappa shape index (κ1) is 22.6. The van der Waals surface area contributed by atoms with Crippen molar-refractivity contribution in [3.8, 4) is 0 Å². The number of benzene rings is 2. The molecule has 0 saturated carbocycles. The van der Waals surface area contributed by atoms with Crippen LogP contribution in [0, 0.1) is 0 Å². The molecule has 0 unspecified atom stereocenters. The third kappa shape index (κ3) is 5.65. The average molecular weight is 628 g/mol. The van der Waals surface area contributed by atoms with E-state index in [1.165, 1.54) is 0 Å². The molecule has 0 amide bonds. The van der Waals surface area contributed by atoms with Gasteiger partial charge in [-0.3, -0.25) is 0 Å². The summed E-state index contributed by atoms with van der Waals surface area (Å²) in [5, 5.41) is 0. The van der Waals surface area contributed by atoms with Crippen molar-refractivity contribution in [1.82, 2.24) is 0 Å². The predicted octanol–water partition coefficient (Wildman–Crippen LogP) is 7.05. The Balaban J connectivity index is 2.37. The van der Waals surface area contributed by atoms with Crippen molar-refractivity contribution in [2.75, 3.05) is 6.61 Å². The maximum Gasteiger partial charge on any atom is 0.340 e. The van der Waals surface area contributed by atoms with Crippen LogP contribution in [0.4, 0.5) is 0 Å². The van der Waals surface area contributed by atoms with Crippen LogP contribution in [0.5, 0.6) is 0 Å². The van der Waals surface area contributed by atoms with E-state index >= 15 is 0 Å². The average Bonchev–Trinajstić information content (AvgIpc) is 2.68. The molecule has 0 N–H and O–H groups in total. The maximum atomic E-state index is 12.8. The maximum absolute atomic E-state index is 12.8. The van der Waals surface area contributed by atoms with Gasteiger partial charge in [0.25, 0.3) is 0 Å². The van der Waals surface area contributed by atoms with Crippen LogP contribution < -0.4 is 0 Å². The molecule has 144 valence electrons. The number of hydrogen-bond acceptors (Lipinski definition) is 4. The van der Waals surface area contributed by atoms with Crippen LogP contribution in [0.2, 0.25) is 0 Å². The summed E-state index contributed by atoms with van der Waals surface area (Å²) in [6, 6.07) is 9.32. The van der Waals surface area contributed by atoms with Crippen molar-refractivity contribution < 1.29 is 19.1 Å². The quantitative estimate of drug-likeness (QED) is 0.143. The smallest absolute Gasteiger partial charge is 0.340 e. The molecule has 2 rings (SSSR count). The van der Waals surface area contributed by atoms with Gasteiger partial charge in [-0.25, -0.2) is 9.59 Å². The van der Waals surface area contributed by atoms with E-state index in [4.69, 9.17) is 9.47 Å². The van der Waals surface area contributed by atoms with Crippen LogP contribution in [0.15, 0.2) is 48.2 Å². The molecule has 0 atom stereocenters. The van der Waals surface area contributed by atoms with E-state index in [0.29, 0.717) is 17.9 Å². The molecule has 2 aromatic rings. The van der Waals surface area contributed by atoms with Crippen LogP contribution in [0.1, 0.15) is 46.0 Å². The van der Waals surface area contributed by atoms with Gasteiger partial charge in [0, 0.05) is 17.9 Å². The largest absolute Gasteiger partial charge is 0.462 e. The summed E-state index contributed by atoms with van der Waals surface area (Å²) in [5.41, 5.74) is 1.07. The lowest BCUT2D eigenvalue weighted by Crippen LogP contribution is -2.17. The fourth-order valence-electron chi connectivity index (χ4n) is 2.19. The fraction of sp³-hybridized carbons (Fsp3) is 0.263. The monoisotopic (exact) mass is 624 g/mol. The highest BCUT2D eigenvalue weighted by Gasteiger charge is 2.30. The first-order valence-corrected chi connectivity index (χ1v) is 11.3. The van der Waals surface area contributed by atoms with Gasteiger partial charge in [0.05, 0.1) is 17.7 Å². The topological polar surface area (TPSA) is 52.6 Å². The van der Waals surface area contributed by atoms with Crippen molar-refractivity contribution in [1.29, 1.82) is 0 Å². The molecule has 0 spiro atoms.